The van der Waals surface area contributed by atoms with Crippen molar-refractivity contribution in [1.29, 1.82) is 0 Å². The van der Waals surface area contributed by atoms with Gasteiger partial charge in [-0.1, -0.05) is 0 Å². The minimum absolute atomic E-state index is 0.0575. The number of nitrogen functional groups attached to an aromatic ring is 1. The molecule has 0 spiro atoms. The van der Waals surface area contributed by atoms with Crippen molar-refractivity contribution in [3.63, 3.8) is 0 Å². The standard InChI is InChI=1S/C11H13N5O4/c1-6-11(18)13-10(17)5-15(6)8-2-7(14-12)3-9(4-8)16(19)20/h2-4,6,14H,5,12H2,1H3,(H,13,17,18). The van der Waals surface area contributed by atoms with Crippen LogP contribution >= 0.6 is 0 Å². The molecule has 1 aromatic rings. The van der Waals surface area contributed by atoms with E-state index in [4.69, 9.17) is 5.84 Å². The van der Waals surface area contributed by atoms with Gasteiger partial charge in [0.1, 0.15) is 6.04 Å². The lowest BCUT2D eigenvalue weighted by molar-refractivity contribution is -0.384. The second-order valence-corrected chi connectivity index (χ2v) is 4.36. The van der Waals surface area contributed by atoms with E-state index in [2.05, 4.69) is 10.7 Å². The van der Waals surface area contributed by atoms with Crippen LogP contribution in [0.3, 0.4) is 0 Å². The predicted octanol–water partition coefficient (Wildman–Crippen LogP) is -0.268. The summed E-state index contributed by atoms with van der Waals surface area (Å²) in [5.74, 6) is 4.36. The number of piperazine rings is 1. The number of nitrogens with two attached hydrogens (primary N) is 1. The number of nitrogens with zero attached hydrogens (tertiary/aromatic N) is 2. The summed E-state index contributed by atoms with van der Waals surface area (Å²) >= 11 is 0. The number of amides is 2. The maximum atomic E-state index is 11.6. The zero-order valence-electron chi connectivity index (χ0n) is 10.6. The Labute approximate surface area is 113 Å². The lowest BCUT2D eigenvalue weighted by Gasteiger charge is -2.33. The van der Waals surface area contributed by atoms with Crippen LogP contribution in [0.1, 0.15) is 6.92 Å². The van der Waals surface area contributed by atoms with E-state index in [0.717, 1.165) is 0 Å². The van der Waals surface area contributed by atoms with Gasteiger partial charge < -0.3 is 10.3 Å². The second-order valence-electron chi connectivity index (χ2n) is 4.36. The van der Waals surface area contributed by atoms with Crippen molar-refractivity contribution in [2.24, 2.45) is 5.84 Å². The topological polar surface area (TPSA) is 131 Å². The molecular formula is C11H13N5O4. The number of rotatable bonds is 3. The summed E-state index contributed by atoms with van der Waals surface area (Å²) in [7, 11) is 0. The fourth-order valence-electron chi connectivity index (χ4n) is 1.98. The van der Waals surface area contributed by atoms with Crippen LogP contribution in [0.15, 0.2) is 18.2 Å². The summed E-state index contributed by atoms with van der Waals surface area (Å²) < 4.78 is 0. The highest BCUT2D eigenvalue weighted by Crippen LogP contribution is 2.28. The van der Waals surface area contributed by atoms with Gasteiger partial charge in [-0.3, -0.25) is 30.9 Å². The molecule has 0 bridgehead atoms. The van der Waals surface area contributed by atoms with Crippen LogP contribution < -0.4 is 21.5 Å². The van der Waals surface area contributed by atoms with Gasteiger partial charge >= 0.3 is 0 Å². The lowest BCUT2D eigenvalue weighted by Crippen LogP contribution is -2.57. The minimum Gasteiger partial charge on any atom is -0.350 e. The number of carbonyl (C=O) groups is 2. The highest BCUT2D eigenvalue weighted by Gasteiger charge is 2.31. The van der Waals surface area contributed by atoms with Crippen LogP contribution in [0, 0.1) is 10.1 Å². The fraction of sp³-hybridized carbons (Fsp3) is 0.273. The predicted molar refractivity (Wildman–Crippen MR) is 70.9 cm³/mol. The summed E-state index contributed by atoms with van der Waals surface area (Å²) in [5.41, 5.74) is 2.84. The maximum absolute atomic E-state index is 11.6. The first kappa shape index (κ1) is 13.7. The number of nitrogens with one attached hydrogen (secondary N) is 2. The highest BCUT2D eigenvalue weighted by molar-refractivity contribution is 6.04. The summed E-state index contributed by atoms with van der Waals surface area (Å²) in [6.45, 7) is 1.55. The molecule has 1 aliphatic heterocycles. The molecule has 2 amide bonds. The SMILES string of the molecule is CC1C(=O)NC(=O)CN1c1cc(NN)cc([N+](=O)[O-])c1. The molecule has 20 heavy (non-hydrogen) atoms. The average Bonchev–Trinajstić information content (AvgIpc) is 2.42. The van der Waals surface area contributed by atoms with Crippen LogP contribution in [0.2, 0.25) is 0 Å². The minimum atomic E-state index is -0.611. The smallest absolute Gasteiger partial charge is 0.273 e. The number of hydrogen-bond acceptors (Lipinski definition) is 7. The van der Waals surface area contributed by atoms with Crippen molar-refractivity contribution in [1.82, 2.24) is 5.32 Å². The van der Waals surface area contributed by atoms with Crippen LogP contribution in [0.25, 0.3) is 0 Å². The van der Waals surface area contributed by atoms with Crippen LogP contribution in [-0.2, 0) is 9.59 Å². The Balaban J connectivity index is 2.45. The Morgan fingerprint density at radius 2 is 2.15 bits per heavy atom. The van der Waals surface area contributed by atoms with Gasteiger partial charge in [0.2, 0.25) is 11.8 Å². The Bertz CT molecular complexity index is 588. The Hall–Kier alpha value is -2.68. The fourth-order valence-corrected chi connectivity index (χ4v) is 1.98. The number of hydrogen-bond donors (Lipinski definition) is 3. The molecule has 9 nitrogen and oxygen atoms in total. The van der Waals surface area contributed by atoms with Crippen molar-refractivity contribution in [3.8, 4) is 0 Å². The first-order valence-electron chi connectivity index (χ1n) is 5.79. The van der Waals surface area contributed by atoms with E-state index in [9.17, 15) is 19.7 Å². The number of non-ortho nitro benzene ring substituents is 1. The molecule has 0 aromatic heterocycles. The Morgan fingerprint density at radius 3 is 2.75 bits per heavy atom. The van der Waals surface area contributed by atoms with Gasteiger partial charge in [0.05, 0.1) is 17.2 Å². The lowest BCUT2D eigenvalue weighted by atomic mass is 10.1. The second kappa shape index (κ2) is 5.13. The molecule has 1 aromatic carbocycles. The molecular weight excluding hydrogens is 266 g/mol. The zero-order valence-corrected chi connectivity index (χ0v) is 10.6. The Kier molecular flexibility index (Phi) is 3.53. The van der Waals surface area contributed by atoms with Crippen molar-refractivity contribution in [3.05, 3.63) is 28.3 Å². The van der Waals surface area contributed by atoms with Gasteiger partial charge in [-0.15, -0.1) is 0 Å². The van der Waals surface area contributed by atoms with Gasteiger partial charge in [-0.2, -0.15) is 0 Å². The molecule has 106 valence electrons. The van der Waals surface area contributed by atoms with Crippen LogP contribution in [-0.4, -0.2) is 29.3 Å². The molecule has 1 unspecified atom stereocenters. The third-order valence-electron chi connectivity index (χ3n) is 3.04. The normalized spacial score (nSPS) is 18.7. The number of hydrazine groups is 1. The molecule has 1 atom stereocenters. The van der Waals surface area contributed by atoms with Crippen molar-refractivity contribution < 1.29 is 14.5 Å². The molecule has 0 saturated carbocycles. The van der Waals surface area contributed by atoms with Gasteiger partial charge in [0.15, 0.2) is 0 Å². The molecule has 1 saturated heterocycles. The van der Waals surface area contributed by atoms with Crippen LogP contribution in [0.5, 0.6) is 0 Å². The molecule has 4 N–H and O–H groups in total. The van der Waals surface area contributed by atoms with Gasteiger partial charge in [0.25, 0.3) is 5.69 Å². The maximum Gasteiger partial charge on any atom is 0.273 e. The largest absolute Gasteiger partial charge is 0.350 e. The molecule has 1 aliphatic rings. The summed E-state index contributed by atoms with van der Waals surface area (Å²) in [5, 5.41) is 13.1. The van der Waals surface area contributed by atoms with E-state index in [1.165, 1.54) is 23.1 Å². The molecule has 9 heteroatoms. The van der Waals surface area contributed by atoms with Gasteiger partial charge in [-0.25, -0.2) is 0 Å². The summed E-state index contributed by atoms with van der Waals surface area (Å²) in [6, 6.07) is 3.49. The average molecular weight is 279 g/mol. The molecule has 1 fully saturated rings. The van der Waals surface area contributed by atoms with E-state index in [0.29, 0.717) is 11.4 Å². The molecule has 0 radical (unpaired) electrons. The molecule has 0 aliphatic carbocycles. The van der Waals surface area contributed by atoms with Gasteiger partial charge in [-0.05, 0) is 13.0 Å². The third kappa shape index (κ3) is 2.52. The number of nitro groups is 1. The highest BCUT2D eigenvalue weighted by atomic mass is 16.6. The van der Waals surface area contributed by atoms with E-state index >= 15 is 0 Å². The Morgan fingerprint density at radius 1 is 1.45 bits per heavy atom. The monoisotopic (exact) mass is 279 g/mol. The van der Waals surface area contributed by atoms with Gasteiger partial charge in [0, 0.05) is 17.8 Å². The first-order valence-corrected chi connectivity index (χ1v) is 5.79. The quantitative estimate of drug-likeness (QED) is 0.300. The van der Waals surface area contributed by atoms with Crippen LogP contribution in [0.4, 0.5) is 17.1 Å². The van der Waals surface area contributed by atoms with E-state index in [-0.39, 0.29) is 12.2 Å². The molecule has 1 heterocycles. The summed E-state index contributed by atoms with van der Waals surface area (Å²) in [4.78, 5) is 34.8. The number of nitro benzene ring substituents is 1. The van der Waals surface area contributed by atoms with Crippen molar-refractivity contribution >= 4 is 28.9 Å². The zero-order chi connectivity index (χ0) is 14.9. The van der Waals surface area contributed by atoms with Crippen molar-refractivity contribution in [2.75, 3.05) is 16.9 Å². The number of imide groups is 1. The number of benzene rings is 1. The van der Waals surface area contributed by atoms with E-state index in [1.807, 2.05) is 0 Å². The molecule has 2 rings (SSSR count). The van der Waals surface area contributed by atoms with Crippen molar-refractivity contribution in [2.45, 2.75) is 13.0 Å². The number of carbonyl (C=O) groups excluding carboxylic acids is 2. The first-order chi connectivity index (χ1) is 9.42. The van der Waals surface area contributed by atoms with E-state index < -0.39 is 22.8 Å². The third-order valence-corrected chi connectivity index (χ3v) is 3.04. The summed E-state index contributed by atoms with van der Waals surface area (Å²) in [6.07, 6.45) is 0. The van der Waals surface area contributed by atoms with E-state index in [1.54, 1.807) is 6.92 Å². The number of anilines is 2.